The van der Waals surface area contributed by atoms with Crippen molar-refractivity contribution in [1.82, 2.24) is 9.88 Å². The molecule has 6 nitrogen and oxygen atoms in total. The van der Waals surface area contributed by atoms with Gasteiger partial charge in [0.1, 0.15) is 5.56 Å². The van der Waals surface area contributed by atoms with Crippen molar-refractivity contribution in [2.45, 2.75) is 26.3 Å². The molecule has 0 atom stereocenters. The molecular weight excluding hydrogens is 284 g/mol. The number of methoxy groups -OCH3 is 1. The molecule has 0 aliphatic rings. The number of nitrogens with one attached hydrogen (secondary N) is 1. The number of carbonyl (C=O) groups is 1. The van der Waals surface area contributed by atoms with Gasteiger partial charge in [0.05, 0.1) is 12.6 Å². The first kappa shape index (κ1) is 15.9. The molecule has 0 aliphatic carbocycles. The molecule has 22 heavy (non-hydrogen) atoms. The standard InChI is InChI=1S/C16H20N2O4/c1-16(2,3)17-14(20)10-8-9-6-7-11(22-5)13(19)12(9)18(4)15(10)21/h6-8,19H,1-5H3,(H,17,20). The fraction of sp³-hybridized carbons (Fsp3) is 0.375. The van der Waals surface area contributed by atoms with Crippen LogP contribution in [-0.4, -0.2) is 28.2 Å². The number of nitrogens with zero attached hydrogens (tertiary/aromatic N) is 1. The van der Waals surface area contributed by atoms with Crippen LogP contribution in [0.1, 0.15) is 31.1 Å². The summed E-state index contributed by atoms with van der Waals surface area (Å²) in [6.45, 7) is 5.52. The summed E-state index contributed by atoms with van der Waals surface area (Å²) in [6, 6.07) is 4.77. The van der Waals surface area contributed by atoms with Crippen molar-refractivity contribution < 1.29 is 14.6 Å². The number of phenols is 1. The van der Waals surface area contributed by atoms with E-state index in [1.165, 1.54) is 24.8 Å². The van der Waals surface area contributed by atoms with Crippen LogP contribution in [0, 0.1) is 0 Å². The molecule has 0 spiro atoms. The Labute approximate surface area is 128 Å². The minimum absolute atomic E-state index is 0.0366. The lowest BCUT2D eigenvalue weighted by atomic mass is 10.1. The molecule has 1 aromatic heterocycles. The molecule has 2 rings (SSSR count). The van der Waals surface area contributed by atoms with Crippen molar-refractivity contribution in [1.29, 1.82) is 0 Å². The number of aryl methyl sites for hydroxylation is 1. The topological polar surface area (TPSA) is 80.6 Å². The van der Waals surface area contributed by atoms with Crippen LogP contribution in [0.5, 0.6) is 11.5 Å². The minimum Gasteiger partial charge on any atom is -0.503 e. The summed E-state index contributed by atoms with van der Waals surface area (Å²) in [5.41, 5.74) is -0.553. The lowest BCUT2D eigenvalue weighted by Crippen LogP contribution is -2.43. The van der Waals surface area contributed by atoms with Gasteiger partial charge in [-0.1, -0.05) is 0 Å². The molecule has 1 heterocycles. The molecule has 0 saturated heterocycles. The molecule has 2 aromatic rings. The number of hydrogen-bond acceptors (Lipinski definition) is 4. The first-order chi connectivity index (χ1) is 10.2. The van der Waals surface area contributed by atoms with E-state index in [0.717, 1.165) is 0 Å². The summed E-state index contributed by atoms with van der Waals surface area (Å²) >= 11 is 0. The second-order valence-electron chi connectivity index (χ2n) is 6.18. The molecule has 0 saturated carbocycles. The van der Waals surface area contributed by atoms with Crippen LogP contribution in [0.3, 0.4) is 0 Å². The summed E-state index contributed by atoms with van der Waals surface area (Å²) in [4.78, 5) is 24.7. The first-order valence-corrected chi connectivity index (χ1v) is 6.88. The highest BCUT2D eigenvalue weighted by molar-refractivity contribution is 5.99. The average Bonchev–Trinajstić information content (AvgIpc) is 2.40. The number of benzene rings is 1. The van der Waals surface area contributed by atoms with E-state index in [0.29, 0.717) is 10.9 Å². The molecule has 118 valence electrons. The fourth-order valence-corrected chi connectivity index (χ4v) is 2.28. The summed E-state index contributed by atoms with van der Waals surface area (Å²) in [6.07, 6.45) is 0. The van der Waals surface area contributed by atoms with E-state index in [1.807, 2.05) is 20.8 Å². The zero-order chi connectivity index (χ0) is 16.7. The van der Waals surface area contributed by atoms with Crippen LogP contribution < -0.4 is 15.6 Å². The van der Waals surface area contributed by atoms with Crippen molar-refractivity contribution in [3.8, 4) is 11.5 Å². The number of aromatic hydroxyl groups is 1. The van der Waals surface area contributed by atoms with Gasteiger partial charge in [0.25, 0.3) is 11.5 Å². The van der Waals surface area contributed by atoms with Crippen LogP contribution in [0.2, 0.25) is 0 Å². The zero-order valence-electron chi connectivity index (χ0n) is 13.4. The van der Waals surface area contributed by atoms with Crippen LogP contribution in [0.4, 0.5) is 0 Å². The normalized spacial score (nSPS) is 11.5. The molecule has 1 aromatic carbocycles. The average molecular weight is 304 g/mol. The molecule has 0 radical (unpaired) electrons. The highest BCUT2D eigenvalue weighted by atomic mass is 16.5. The number of hydrogen-bond donors (Lipinski definition) is 2. The van der Waals surface area contributed by atoms with E-state index < -0.39 is 17.0 Å². The number of fused-ring (bicyclic) bond motifs is 1. The van der Waals surface area contributed by atoms with E-state index in [9.17, 15) is 14.7 Å². The van der Waals surface area contributed by atoms with Crippen molar-refractivity contribution >= 4 is 16.8 Å². The van der Waals surface area contributed by atoms with Gasteiger partial charge in [-0.3, -0.25) is 9.59 Å². The Morgan fingerprint density at radius 1 is 1.32 bits per heavy atom. The maximum absolute atomic E-state index is 12.4. The van der Waals surface area contributed by atoms with Crippen LogP contribution in [0.25, 0.3) is 10.9 Å². The summed E-state index contributed by atoms with van der Waals surface area (Å²) in [5.74, 6) is -0.290. The third-order valence-electron chi connectivity index (χ3n) is 3.27. The van der Waals surface area contributed by atoms with Crippen molar-refractivity contribution in [2.75, 3.05) is 7.11 Å². The number of pyridine rings is 1. The largest absolute Gasteiger partial charge is 0.503 e. The molecule has 0 fully saturated rings. The SMILES string of the molecule is COc1ccc2cc(C(=O)NC(C)(C)C)c(=O)n(C)c2c1O. The van der Waals surface area contributed by atoms with Gasteiger partial charge in [-0.25, -0.2) is 0 Å². The number of amides is 1. The minimum atomic E-state index is -0.474. The molecule has 0 bridgehead atoms. The first-order valence-electron chi connectivity index (χ1n) is 6.88. The van der Waals surface area contributed by atoms with Crippen LogP contribution in [-0.2, 0) is 7.05 Å². The number of rotatable bonds is 2. The number of aromatic nitrogens is 1. The van der Waals surface area contributed by atoms with Crippen LogP contribution in [0.15, 0.2) is 23.0 Å². The van der Waals surface area contributed by atoms with Gasteiger partial charge in [-0.2, -0.15) is 0 Å². The van der Waals surface area contributed by atoms with Gasteiger partial charge in [0, 0.05) is 18.0 Å². The quantitative estimate of drug-likeness (QED) is 0.886. The Bertz CT molecular complexity index is 800. The maximum Gasteiger partial charge on any atom is 0.263 e. The van der Waals surface area contributed by atoms with Crippen molar-refractivity contribution in [2.24, 2.45) is 7.05 Å². The summed E-state index contributed by atoms with van der Waals surface area (Å²) in [7, 11) is 2.95. The fourth-order valence-electron chi connectivity index (χ4n) is 2.28. The van der Waals surface area contributed by atoms with Crippen LogP contribution >= 0.6 is 0 Å². The molecule has 1 amide bonds. The highest BCUT2D eigenvalue weighted by Gasteiger charge is 2.21. The predicted octanol–water partition coefficient (Wildman–Crippen LogP) is 1.78. The number of carbonyl (C=O) groups excluding carboxylic acids is 1. The monoisotopic (exact) mass is 304 g/mol. The van der Waals surface area contributed by atoms with Gasteiger partial charge >= 0.3 is 0 Å². The van der Waals surface area contributed by atoms with Gasteiger partial charge in [-0.15, -0.1) is 0 Å². The summed E-state index contributed by atoms with van der Waals surface area (Å²) < 4.78 is 6.30. The van der Waals surface area contributed by atoms with Crippen molar-refractivity contribution in [3.05, 3.63) is 34.1 Å². The molecular formula is C16H20N2O4. The van der Waals surface area contributed by atoms with E-state index >= 15 is 0 Å². The second kappa shape index (κ2) is 5.36. The smallest absolute Gasteiger partial charge is 0.263 e. The molecule has 0 unspecified atom stereocenters. The Morgan fingerprint density at radius 2 is 1.95 bits per heavy atom. The Kier molecular flexibility index (Phi) is 3.87. The van der Waals surface area contributed by atoms with Gasteiger partial charge in [0.2, 0.25) is 0 Å². The third-order valence-corrected chi connectivity index (χ3v) is 3.27. The predicted molar refractivity (Wildman–Crippen MR) is 84.6 cm³/mol. The maximum atomic E-state index is 12.4. The Morgan fingerprint density at radius 3 is 2.50 bits per heavy atom. The van der Waals surface area contributed by atoms with E-state index in [4.69, 9.17) is 4.74 Å². The van der Waals surface area contributed by atoms with Crippen molar-refractivity contribution in [3.63, 3.8) is 0 Å². The molecule has 0 aliphatic heterocycles. The highest BCUT2D eigenvalue weighted by Crippen LogP contribution is 2.33. The number of ether oxygens (including phenoxy) is 1. The number of phenolic OH excluding ortho intramolecular Hbond substituents is 1. The second-order valence-corrected chi connectivity index (χ2v) is 6.18. The van der Waals surface area contributed by atoms with E-state index in [2.05, 4.69) is 5.32 Å². The lowest BCUT2D eigenvalue weighted by Gasteiger charge is -2.20. The molecule has 6 heteroatoms. The Hall–Kier alpha value is -2.50. The lowest BCUT2D eigenvalue weighted by molar-refractivity contribution is 0.0917. The van der Waals surface area contributed by atoms with Gasteiger partial charge in [0.15, 0.2) is 11.5 Å². The summed E-state index contributed by atoms with van der Waals surface area (Å²) in [5, 5.41) is 13.5. The molecule has 2 N–H and O–H groups in total. The van der Waals surface area contributed by atoms with E-state index in [-0.39, 0.29) is 17.1 Å². The zero-order valence-corrected chi connectivity index (χ0v) is 13.4. The third kappa shape index (κ3) is 2.77. The Balaban J connectivity index is 2.69. The van der Waals surface area contributed by atoms with Gasteiger partial charge in [-0.05, 0) is 39.0 Å². The van der Waals surface area contributed by atoms with Gasteiger partial charge < -0.3 is 19.7 Å². The van der Waals surface area contributed by atoms with E-state index in [1.54, 1.807) is 12.1 Å².